The second kappa shape index (κ2) is 6.47. The number of anilines is 2. The van der Waals surface area contributed by atoms with E-state index in [4.69, 9.17) is 5.73 Å². The molecule has 21 heavy (non-hydrogen) atoms. The van der Waals surface area contributed by atoms with Gasteiger partial charge in [-0.3, -0.25) is 9.59 Å². The zero-order valence-electron chi connectivity index (χ0n) is 13.2. The molecule has 6 heteroatoms. The van der Waals surface area contributed by atoms with E-state index in [9.17, 15) is 9.59 Å². The first-order valence-electron chi connectivity index (χ1n) is 6.84. The van der Waals surface area contributed by atoms with Crippen LogP contribution < -0.4 is 21.7 Å². The fourth-order valence-corrected chi connectivity index (χ4v) is 1.76. The molecule has 1 rings (SSSR count). The average molecular weight is 292 g/mol. The Morgan fingerprint density at radius 2 is 1.86 bits per heavy atom. The predicted octanol–water partition coefficient (Wildman–Crippen LogP) is 1.34. The molecule has 0 saturated carbocycles. The summed E-state index contributed by atoms with van der Waals surface area (Å²) in [5.41, 5.74) is 7.15. The third-order valence-electron chi connectivity index (χ3n) is 2.80. The molecule has 6 nitrogen and oxygen atoms in total. The van der Waals surface area contributed by atoms with Crippen molar-refractivity contribution in [3.8, 4) is 0 Å². The first-order chi connectivity index (χ1) is 9.64. The quantitative estimate of drug-likeness (QED) is 0.630. The molecule has 0 bridgehead atoms. The third kappa shape index (κ3) is 4.98. The highest BCUT2D eigenvalue weighted by Gasteiger charge is 2.19. The molecule has 0 fully saturated rings. The number of nitrogen functional groups attached to an aromatic ring is 1. The van der Waals surface area contributed by atoms with Crippen molar-refractivity contribution in [1.82, 2.24) is 10.6 Å². The van der Waals surface area contributed by atoms with Crippen LogP contribution in [-0.2, 0) is 4.79 Å². The maximum Gasteiger partial charge on any atom is 0.251 e. The number of amides is 2. The molecule has 1 unspecified atom stereocenters. The van der Waals surface area contributed by atoms with Crippen LogP contribution in [0.1, 0.15) is 38.1 Å². The van der Waals surface area contributed by atoms with E-state index < -0.39 is 6.04 Å². The monoisotopic (exact) mass is 292 g/mol. The van der Waals surface area contributed by atoms with Crippen molar-refractivity contribution in [2.75, 3.05) is 18.1 Å². The number of nitrogens with one attached hydrogen (secondary N) is 3. The van der Waals surface area contributed by atoms with Crippen molar-refractivity contribution < 1.29 is 9.59 Å². The van der Waals surface area contributed by atoms with E-state index in [1.807, 2.05) is 20.8 Å². The molecule has 0 aliphatic carbocycles. The van der Waals surface area contributed by atoms with Gasteiger partial charge in [0.05, 0.1) is 11.4 Å². The van der Waals surface area contributed by atoms with Gasteiger partial charge in [-0.15, -0.1) is 0 Å². The topological polar surface area (TPSA) is 96.2 Å². The van der Waals surface area contributed by atoms with Gasteiger partial charge in [-0.25, -0.2) is 0 Å². The van der Waals surface area contributed by atoms with Crippen LogP contribution in [0.4, 0.5) is 11.4 Å². The van der Waals surface area contributed by atoms with E-state index >= 15 is 0 Å². The van der Waals surface area contributed by atoms with Crippen LogP contribution in [0.2, 0.25) is 0 Å². The van der Waals surface area contributed by atoms with E-state index in [1.165, 1.54) is 0 Å². The minimum absolute atomic E-state index is 0.114. The lowest BCUT2D eigenvalue weighted by Gasteiger charge is -2.24. The molecule has 2 amide bonds. The molecule has 0 saturated heterocycles. The lowest BCUT2D eigenvalue weighted by Crippen LogP contribution is -2.47. The fourth-order valence-electron chi connectivity index (χ4n) is 1.76. The summed E-state index contributed by atoms with van der Waals surface area (Å²) in [6.07, 6.45) is 0. The van der Waals surface area contributed by atoms with E-state index in [-0.39, 0.29) is 17.4 Å². The molecule has 0 aliphatic rings. The zero-order chi connectivity index (χ0) is 16.2. The Morgan fingerprint density at radius 3 is 2.33 bits per heavy atom. The highest BCUT2D eigenvalue weighted by Crippen LogP contribution is 2.21. The van der Waals surface area contributed by atoms with Gasteiger partial charge in [0.1, 0.15) is 6.04 Å². The second-order valence-electron chi connectivity index (χ2n) is 5.99. The molecule has 1 aromatic rings. The normalized spacial score (nSPS) is 12.4. The van der Waals surface area contributed by atoms with Gasteiger partial charge in [-0.2, -0.15) is 0 Å². The number of hydrogen-bond acceptors (Lipinski definition) is 4. The molecular weight excluding hydrogens is 268 g/mol. The number of rotatable bonds is 4. The Bertz CT molecular complexity index is 535. The Morgan fingerprint density at radius 1 is 1.24 bits per heavy atom. The highest BCUT2D eigenvalue weighted by atomic mass is 16.2. The summed E-state index contributed by atoms with van der Waals surface area (Å²) < 4.78 is 0. The third-order valence-corrected chi connectivity index (χ3v) is 2.80. The summed E-state index contributed by atoms with van der Waals surface area (Å²) in [5, 5.41) is 8.47. The van der Waals surface area contributed by atoms with E-state index in [1.54, 1.807) is 32.2 Å². The van der Waals surface area contributed by atoms with Gasteiger partial charge in [0.2, 0.25) is 5.91 Å². The highest BCUT2D eigenvalue weighted by molar-refractivity contribution is 5.96. The van der Waals surface area contributed by atoms with Crippen molar-refractivity contribution in [2.24, 2.45) is 0 Å². The Hall–Kier alpha value is -2.24. The summed E-state index contributed by atoms with van der Waals surface area (Å²) in [4.78, 5) is 23.5. The molecule has 0 aliphatic heterocycles. The molecular formula is C15H24N4O2. The van der Waals surface area contributed by atoms with E-state index in [0.29, 0.717) is 16.9 Å². The molecule has 5 N–H and O–H groups in total. The van der Waals surface area contributed by atoms with Gasteiger partial charge in [0, 0.05) is 18.2 Å². The van der Waals surface area contributed by atoms with Gasteiger partial charge in [-0.1, -0.05) is 0 Å². The molecule has 1 aromatic carbocycles. The van der Waals surface area contributed by atoms with Crippen molar-refractivity contribution in [2.45, 2.75) is 39.3 Å². The number of carbonyl (C=O) groups is 2. The number of nitrogens with two attached hydrogens (primary N) is 1. The molecule has 0 heterocycles. The van der Waals surface area contributed by atoms with E-state index in [0.717, 1.165) is 0 Å². The number of carbonyl (C=O) groups excluding carboxylic acids is 2. The van der Waals surface area contributed by atoms with Gasteiger partial charge in [0.15, 0.2) is 0 Å². The van der Waals surface area contributed by atoms with Gasteiger partial charge in [-0.05, 0) is 45.9 Å². The second-order valence-corrected chi connectivity index (χ2v) is 5.99. The molecule has 0 spiro atoms. The first-order valence-corrected chi connectivity index (χ1v) is 6.84. The summed E-state index contributed by atoms with van der Waals surface area (Å²) in [6.45, 7) is 7.52. The van der Waals surface area contributed by atoms with Crippen LogP contribution in [0.3, 0.4) is 0 Å². The van der Waals surface area contributed by atoms with Crippen LogP contribution in [0.15, 0.2) is 18.2 Å². The number of benzene rings is 1. The van der Waals surface area contributed by atoms with E-state index in [2.05, 4.69) is 16.0 Å². The maximum absolute atomic E-state index is 12.0. The number of hydrogen-bond donors (Lipinski definition) is 4. The van der Waals surface area contributed by atoms with Crippen LogP contribution in [0.5, 0.6) is 0 Å². The summed E-state index contributed by atoms with van der Waals surface area (Å²) >= 11 is 0. The van der Waals surface area contributed by atoms with Crippen molar-refractivity contribution in [1.29, 1.82) is 0 Å². The zero-order valence-corrected chi connectivity index (χ0v) is 13.2. The average Bonchev–Trinajstić information content (AvgIpc) is 2.38. The van der Waals surface area contributed by atoms with Gasteiger partial charge >= 0.3 is 0 Å². The molecule has 1 atom stereocenters. The van der Waals surface area contributed by atoms with Crippen LogP contribution in [0, 0.1) is 0 Å². The molecule has 0 radical (unpaired) electrons. The van der Waals surface area contributed by atoms with Crippen molar-refractivity contribution in [3.63, 3.8) is 0 Å². The summed E-state index contributed by atoms with van der Waals surface area (Å²) in [6, 6.07) is 4.50. The minimum atomic E-state index is -0.433. The van der Waals surface area contributed by atoms with Crippen LogP contribution in [-0.4, -0.2) is 30.4 Å². The lowest BCUT2D eigenvalue weighted by molar-refractivity contribution is -0.122. The van der Waals surface area contributed by atoms with Crippen LogP contribution in [0.25, 0.3) is 0 Å². The Balaban J connectivity index is 2.79. The minimum Gasteiger partial charge on any atom is -0.397 e. The van der Waals surface area contributed by atoms with Gasteiger partial charge in [0.25, 0.3) is 5.91 Å². The summed E-state index contributed by atoms with van der Waals surface area (Å²) in [7, 11) is 1.56. The van der Waals surface area contributed by atoms with Crippen molar-refractivity contribution in [3.05, 3.63) is 23.8 Å². The molecule has 0 aromatic heterocycles. The standard InChI is InChI=1S/C15H24N4O2/c1-9(13(20)19-15(2,3)4)18-12-7-6-10(8-11(12)16)14(21)17-5/h6-9,18H,16H2,1-5H3,(H,17,21)(H,19,20). The first kappa shape index (κ1) is 16.8. The molecule has 116 valence electrons. The Labute approximate surface area is 125 Å². The SMILES string of the molecule is CNC(=O)c1ccc(NC(C)C(=O)NC(C)(C)C)c(N)c1. The van der Waals surface area contributed by atoms with Crippen LogP contribution >= 0.6 is 0 Å². The largest absolute Gasteiger partial charge is 0.397 e. The van der Waals surface area contributed by atoms with Gasteiger partial charge < -0.3 is 21.7 Å². The Kier molecular flexibility index (Phi) is 5.18. The smallest absolute Gasteiger partial charge is 0.251 e. The fraction of sp³-hybridized carbons (Fsp3) is 0.467. The summed E-state index contributed by atoms with van der Waals surface area (Å²) in [5.74, 6) is -0.316. The van der Waals surface area contributed by atoms with Crippen molar-refractivity contribution >= 4 is 23.2 Å². The predicted molar refractivity (Wildman–Crippen MR) is 85.2 cm³/mol. The maximum atomic E-state index is 12.0. The lowest BCUT2D eigenvalue weighted by atomic mass is 10.1.